The van der Waals surface area contributed by atoms with Gasteiger partial charge in [-0.1, -0.05) is 66.4 Å². The van der Waals surface area contributed by atoms with Gasteiger partial charge in [0.15, 0.2) is 0 Å². The number of hydrogen-bond acceptors (Lipinski definition) is 4. The maximum absolute atomic E-state index is 13.5. The third kappa shape index (κ3) is 2.21. The van der Waals surface area contributed by atoms with Crippen LogP contribution < -0.4 is 9.96 Å². The molecule has 2 nitrogen and oxygen atoms in total. The smallest absolute Gasteiger partial charge is 0.205 e. The molecule has 1 aliphatic heterocycles. The van der Waals surface area contributed by atoms with E-state index in [0.717, 1.165) is 36.0 Å². The standard InChI is InChI=1S/C23H12O2S3/c24-21-15-9-1-5-13-6-2-10-16(19(13)15)26-22(21)23-27-17-11-3-7-14-8-4-12-18(20(14)17)28(23)25/h1-12H. The van der Waals surface area contributed by atoms with Crippen LogP contribution in [-0.2, 0) is 10.8 Å². The molecule has 0 saturated heterocycles. The molecule has 1 aromatic heterocycles. The molecule has 0 bridgehead atoms. The topological polar surface area (TPSA) is 34.1 Å². The summed E-state index contributed by atoms with van der Waals surface area (Å²) in [6.45, 7) is 0. The van der Waals surface area contributed by atoms with E-state index in [2.05, 4.69) is 0 Å². The monoisotopic (exact) mass is 416 g/mol. The fraction of sp³-hybridized carbons (Fsp3) is 0. The van der Waals surface area contributed by atoms with Crippen LogP contribution in [0.4, 0.5) is 0 Å². The SMILES string of the molecule is O=c1c(=C2Sc3cccc4cccc(c34)S2=O)sc2cccc3cccc1c32. The van der Waals surface area contributed by atoms with Crippen LogP contribution in [0.3, 0.4) is 0 Å². The second-order valence-corrected chi connectivity index (χ2v) is 10.4. The highest BCUT2D eigenvalue weighted by Gasteiger charge is 2.25. The van der Waals surface area contributed by atoms with Gasteiger partial charge in [0.1, 0.15) is 4.24 Å². The molecule has 2 heterocycles. The van der Waals surface area contributed by atoms with Crippen molar-refractivity contribution in [1.29, 1.82) is 0 Å². The normalized spacial score (nSPS) is 18.2. The van der Waals surface area contributed by atoms with Gasteiger partial charge in [-0.3, -0.25) is 4.79 Å². The van der Waals surface area contributed by atoms with Gasteiger partial charge < -0.3 is 0 Å². The molecule has 0 saturated carbocycles. The van der Waals surface area contributed by atoms with Crippen molar-refractivity contribution in [3.05, 3.63) is 87.6 Å². The second-order valence-electron chi connectivity index (χ2n) is 6.69. The summed E-state index contributed by atoms with van der Waals surface area (Å²) in [6.07, 6.45) is 0. The van der Waals surface area contributed by atoms with Crippen LogP contribution >= 0.6 is 23.1 Å². The Kier molecular flexibility index (Phi) is 3.54. The van der Waals surface area contributed by atoms with Crippen LogP contribution in [0.15, 0.2) is 87.4 Å². The van der Waals surface area contributed by atoms with Crippen molar-refractivity contribution < 1.29 is 4.21 Å². The fourth-order valence-electron chi connectivity index (χ4n) is 3.87. The van der Waals surface area contributed by atoms with Crippen molar-refractivity contribution in [2.75, 3.05) is 0 Å². The minimum atomic E-state index is -1.37. The van der Waals surface area contributed by atoms with Gasteiger partial charge in [0, 0.05) is 25.8 Å². The summed E-state index contributed by atoms with van der Waals surface area (Å²) in [6, 6.07) is 23.9. The third-order valence-corrected chi connectivity index (χ3v) is 9.46. The van der Waals surface area contributed by atoms with Crippen LogP contribution in [0.1, 0.15) is 0 Å². The Balaban J connectivity index is 1.77. The first-order valence-electron chi connectivity index (χ1n) is 8.82. The molecule has 1 aliphatic rings. The Bertz CT molecular complexity index is 1570. The van der Waals surface area contributed by atoms with E-state index < -0.39 is 10.8 Å². The average molecular weight is 417 g/mol. The summed E-state index contributed by atoms with van der Waals surface area (Å²) >= 11 is 2.92. The Morgan fingerprint density at radius 1 is 0.750 bits per heavy atom. The summed E-state index contributed by atoms with van der Waals surface area (Å²) in [5.74, 6) is 0. The Hall–Kier alpha value is -2.47. The zero-order valence-electron chi connectivity index (χ0n) is 14.5. The van der Waals surface area contributed by atoms with Gasteiger partial charge in [-0.15, -0.1) is 11.3 Å². The molecule has 0 radical (unpaired) electrons. The third-order valence-electron chi connectivity index (χ3n) is 5.11. The molecular formula is C23H12O2S3. The van der Waals surface area contributed by atoms with Crippen molar-refractivity contribution in [2.24, 2.45) is 0 Å². The van der Waals surface area contributed by atoms with Gasteiger partial charge in [-0.2, -0.15) is 0 Å². The van der Waals surface area contributed by atoms with Gasteiger partial charge in [0.05, 0.1) is 20.2 Å². The van der Waals surface area contributed by atoms with Crippen LogP contribution in [0.5, 0.6) is 0 Å². The zero-order valence-corrected chi connectivity index (χ0v) is 16.9. The maximum Gasteiger partial charge on any atom is 0.205 e. The number of thioether (sulfide) groups is 1. The first-order valence-corrected chi connectivity index (χ1v) is 11.6. The van der Waals surface area contributed by atoms with Crippen LogP contribution in [0.25, 0.3) is 35.9 Å². The average Bonchev–Trinajstić information content (AvgIpc) is 2.73. The Morgan fingerprint density at radius 2 is 1.43 bits per heavy atom. The lowest BCUT2D eigenvalue weighted by atomic mass is 10.1. The first-order chi connectivity index (χ1) is 13.7. The quantitative estimate of drug-likeness (QED) is 0.345. The lowest BCUT2D eigenvalue weighted by Crippen LogP contribution is -2.26. The van der Waals surface area contributed by atoms with Crippen molar-refractivity contribution in [3.8, 4) is 0 Å². The molecule has 5 heteroatoms. The van der Waals surface area contributed by atoms with Gasteiger partial charge >= 0.3 is 0 Å². The first kappa shape index (κ1) is 16.5. The van der Waals surface area contributed by atoms with E-state index in [1.807, 2.05) is 72.8 Å². The summed E-state index contributed by atoms with van der Waals surface area (Å²) in [5, 5.41) is 4.88. The lowest BCUT2D eigenvalue weighted by molar-refractivity contribution is 0.690. The minimum Gasteiger partial charge on any atom is -0.288 e. The van der Waals surface area contributed by atoms with Gasteiger partial charge in [-0.05, 0) is 29.0 Å². The van der Waals surface area contributed by atoms with Crippen LogP contribution in [-0.4, -0.2) is 4.21 Å². The molecular weight excluding hydrogens is 404 g/mol. The molecule has 0 spiro atoms. The molecule has 4 aromatic carbocycles. The fourth-order valence-corrected chi connectivity index (χ4v) is 8.30. The highest BCUT2D eigenvalue weighted by molar-refractivity contribution is 8.25. The Morgan fingerprint density at radius 3 is 2.25 bits per heavy atom. The van der Waals surface area contributed by atoms with Crippen LogP contribution in [0.2, 0.25) is 0 Å². The molecule has 6 rings (SSSR count). The molecule has 1 unspecified atom stereocenters. The zero-order chi connectivity index (χ0) is 18.8. The predicted molar refractivity (Wildman–Crippen MR) is 120 cm³/mol. The van der Waals surface area contributed by atoms with Crippen molar-refractivity contribution in [3.63, 3.8) is 0 Å². The molecule has 0 amide bonds. The summed E-state index contributed by atoms with van der Waals surface area (Å²) in [4.78, 5) is 15.2. The maximum atomic E-state index is 13.5. The molecule has 1 atom stereocenters. The summed E-state index contributed by atoms with van der Waals surface area (Å²) < 4.78 is 15.7. The van der Waals surface area contributed by atoms with Gasteiger partial charge in [-0.25, -0.2) is 4.21 Å². The van der Waals surface area contributed by atoms with E-state index in [-0.39, 0.29) is 5.43 Å². The van der Waals surface area contributed by atoms with E-state index in [9.17, 15) is 9.00 Å². The molecule has 28 heavy (non-hydrogen) atoms. The largest absolute Gasteiger partial charge is 0.288 e. The van der Waals surface area contributed by atoms with Crippen molar-refractivity contribution >= 4 is 69.8 Å². The highest BCUT2D eigenvalue weighted by Crippen LogP contribution is 2.44. The van der Waals surface area contributed by atoms with Gasteiger partial charge in [0.2, 0.25) is 5.43 Å². The Labute approximate surface area is 171 Å². The minimum absolute atomic E-state index is 0.0308. The molecule has 0 N–H and O–H groups in total. The van der Waals surface area contributed by atoms with Crippen LogP contribution in [0, 0.1) is 0 Å². The molecule has 134 valence electrons. The summed E-state index contributed by atoms with van der Waals surface area (Å²) in [7, 11) is -1.37. The van der Waals surface area contributed by atoms with Crippen molar-refractivity contribution in [1.82, 2.24) is 0 Å². The molecule has 0 fully saturated rings. The molecule has 5 aromatic rings. The number of hydrogen-bond donors (Lipinski definition) is 0. The number of rotatable bonds is 0. The second kappa shape index (κ2) is 6.01. The molecule has 0 aliphatic carbocycles. The van der Waals surface area contributed by atoms with Gasteiger partial charge in [0.25, 0.3) is 0 Å². The predicted octanol–water partition coefficient (Wildman–Crippen LogP) is 5.27. The van der Waals surface area contributed by atoms with E-state index >= 15 is 0 Å². The van der Waals surface area contributed by atoms with E-state index in [4.69, 9.17) is 0 Å². The van der Waals surface area contributed by atoms with Crippen molar-refractivity contribution in [2.45, 2.75) is 9.79 Å². The summed E-state index contributed by atoms with van der Waals surface area (Å²) in [5.41, 5.74) is -0.0308. The van der Waals surface area contributed by atoms with E-state index in [0.29, 0.717) is 14.2 Å². The number of benzene rings is 4. The highest BCUT2D eigenvalue weighted by atomic mass is 32.2. The van der Waals surface area contributed by atoms with E-state index in [1.54, 1.807) is 0 Å². The van der Waals surface area contributed by atoms with E-state index in [1.165, 1.54) is 23.1 Å². The lowest BCUT2D eigenvalue weighted by Gasteiger charge is -2.18.